The molecule has 0 bridgehead atoms. The first-order valence-electron chi connectivity index (χ1n) is 11.1. The van der Waals surface area contributed by atoms with Gasteiger partial charge in [0.2, 0.25) is 0 Å². The molecule has 2 atom stereocenters. The summed E-state index contributed by atoms with van der Waals surface area (Å²) in [5.41, 5.74) is 2.37. The second-order valence-electron chi connectivity index (χ2n) is 8.59. The Morgan fingerprint density at radius 3 is 2.62 bits per heavy atom. The lowest BCUT2D eigenvalue weighted by Crippen LogP contribution is -2.44. The van der Waals surface area contributed by atoms with E-state index in [-0.39, 0.29) is 5.75 Å². The van der Waals surface area contributed by atoms with Crippen LogP contribution in [0, 0.1) is 11.8 Å². The summed E-state index contributed by atoms with van der Waals surface area (Å²) in [6.45, 7) is 4.92. The van der Waals surface area contributed by atoms with Crippen molar-refractivity contribution < 1.29 is 19.4 Å². The van der Waals surface area contributed by atoms with E-state index in [1.807, 2.05) is 6.07 Å². The van der Waals surface area contributed by atoms with Crippen LogP contribution in [-0.4, -0.2) is 47.4 Å². The second-order valence-corrected chi connectivity index (χ2v) is 8.59. The van der Waals surface area contributed by atoms with Crippen LogP contribution in [0.1, 0.15) is 36.9 Å². The van der Waals surface area contributed by atoms with Gasteiger partial charge < -0.3 is 15.2 Å². The standard InChI is InChI=1S/C25H29N3O4/c1-17-22(23(27-25(31)26-17)20-8-5-9-21(29)14-20)24(30)32-16-19-10-12-28(13-11-19)15-18-6-3-2-4-7-18/h2-9,14,19,22-23,29H,10-13,15-16H2,1H3,(H,27,31). The normalized spacial score (nSPS) is 22.2. The summed E-state index contributed by atoms with van der Waals surface area (Å²) >= 11 is 0. The number of phenols is 1. The molecular weight excluding hydrogens is 406 g/mol. The second kappa shape index (κ2) is 9.96. The van der Waals surface area contributed by atoms with Crippen molar-refractivity contribution >= 4 is 17.7 Å². The fourth-order valence-electron chi connectivity index (χ4n) is 4.46. The highest BCUT2D eigenvalue weighted by molar-refractivity contribution is 6.08. The summed E-state index contributed by atoms with van der Waals surface area (Å²) in [4.78, 5) is 31.3. The van der Waals surface area contributed by atoms with Crippen LogP contribution in [-0.2, 0) is 16.1 Å². The SMILES string of the molecule is CC1=NC(=O)NC(c2cccc(O)c2)C1C(=O)OCC1CCN(Cc2ccccc2)CC1. The molecule has 2 N–H and O–H groups in total. The Morgan fingerprint density at radius 2 is 1.91 bits per heavy atom. The maximum Gasteiger partial charge on any atom is 0.341 e. The number of phenolic OH excluding ortho intramolecular Hbond substituents is 1. The molecule has 2 amide bonds. The van der Waals surface area contributed by atoms with Gasteiger partial charge in [-0.1, -0.05) is 42.5 Å². The van der Waals surface area contributed by atoms with Gasteiger partial charge in [-0.05, 0) is 62.0 Å². The molecule has 0 saturated carbocycles. The van der Waals surface area contributed by atoms with Gasteiger partial charge in [0.25, 0.3) is 0 Å². The van der Waals surface area contributed by atoms with E-state index in [0.717, 1.165) is 32.5 Å². The quantitative estimate of drug-likeness (QED) is 0.676. The minimum atomic E-state index is -0.715. The van der Waals surface area contributed by atoms with Crippen molar-refractivity contribution in [3.63, 3.8) is 0 Å². The first-order chi connectivity index (χ1) is 15.5. The van der Waals surface area contributed by atoms with Crippen molar-refractivity contribution in [2.45, 2.75) is 32.4 Å². The molecule has 2 aliphatic heterocycles. The number of esters is 1. The number of carbonyl (C=O) groups is 2. The Bertz CT molecular complexity index is 984. The molecule has 4 rings (SSSR count). The van der Waals surface area contributed by atoms with Gasteiger partial charge in [-0.25, -0.2) is 9.79 Å². The number of ether oxygens (including phenoxy) is 1. The Kier molecular flexibility index (Phi) is 6.85. The fourth-order valence-corrected chi connectivity index (χ4v) is 4.46. The minimum Gasteiger partial charge on any atom is -0.508 e. The zero-order valence-electron chi connectivity index (χ0n) is 18.2. The molecule has 0 aliphatic carbocycles. The van der Waals surface area contributed by atoms with Crippen molar-refractivity contribution in [2.24, 2.45) is 16.8 Å². The number of hydrogen-bond acceptors (Lipinski definition) is 5. The average Bonchev–Trinajstić information content (AvgIpc) is 2.78. The monoisotopic (exact) mass is 435 g/mol. The predicted molar refractivity (Wildman–Crippen MR) is 121 cm³/mol. The van der Waals surface area contributed by atoms with Gasteiger partial charge in [-0.3, -0.25) is 9.69 Å². The molecule has 7 heteroatoms. The highest BCUT2D eigenvalue weighted by Gasteiger charge is 2.38. The Balaban J connectivity index is 1.33. The molecule has 2 unspecified atom stereocenters. The van der Waals surface area contributed by atoms with Crippen LogP contribution < -0.4 is 5.32 Å². The van der Waals surface area contributed by atoms with Crippen molar-refractivity contribution in [3.05, 3.63) is 65.7 Å². The molecular formula is C25H29N3O4. The molecule has 1 saturated heterocycles. The number of carbonyl (C=O) groups excluding carboxylic acids is 2. The van der Waals surface area contributed by atoms with Crippen LogP contribution >= 0.6 is 0 Å². The molecule has 2 heterocycles. The van der Waals surface area contributed by atoms with Crippen molar-refractivity contribution in [3.8, 4) is 5.75 Å². The van der Waals surface area contributed by atoms with Gasteiger partial charge in [0.1, 0.15) is 11.7 Å². The molecule has 2 aliphatic rings. The average molecular weight is 436 g/mol. The van der Waals surface area contributed by atoms with Gasteiger partial charge in [-0.15, -0.1) is 0 Å². The summed E-state index contributed by atoms with van der Waals surface area (Å²) in [6.07, 6.45) is 1.95. The minimum absolute atomic E-state index is 0.0753. The van der Waals surface area contributed by atoms with Crippen molar-refractivity contribution in [1.29, 1.82) is 0 Å². The third-order valence-corrected chi connectivity index (χ3v) is 6.24. The van der Waals surface area contributed by atoms with Gasteiger partial charge in [-0.2, -0.15) is 0 Å². The van der Waals surface area contributed by atoms with Crippen LogP contribution in [0.2, 0.25) is 0 Å². The smallest absolute Gasteiger partial charge is 0.341 e. The van der Waals surface area contributed by atoms with E-state index in [1.54, 1.807) is 31.2 Å². The maximum atomic E-state index is 13.0. The lowest BCUT2D eigenvalue weighted by Gasteiger charge is -2.33. The maximum absolute atomic E-state index is 13.0. The lowest BCUT2D eigenvalue weighted by molar-refractivity contribution is -0.149. The van der Waals surface area contributed by atoms with Crippen LogP contribution in [0.25, 0.3) is 0 Å². The van der Waals surface area contributed by atoms with Crippen LogP contribution in [0.3, 0.4) is 0 Å². The topological polar surface area (TPSA) is 91.2 Å². The van der Waals surface area contributed by atoms with Gasteiger partial charge in [0.05, 0.1) is 12.6 Å². The molecule has 0 spiro atoms. The molecule has 0 aromatic heterocycles. The highest BCUT2D eigenvalue weighted by Crippen LogP contribution is 2.30. The number of amides is 2. The number of likely N-dealkylation sites (tertiary alicyclic amines) is 1. The van der Waals surface area contributed by atoms with E-state index in [0.29, 0.717) is 23.8 Å². The predicted octanol–water partition coefficient (Wildman–Crippen LogP) is 3.69. The van der Waals surface area contributed by atoms with Crippen LogP contribution in [0.4, 0.5) is 4.79 Å². The first kappa shape index (κ1) is 22.0. The van der Waals surface area contributed by atoms with E-state index in [4.69, 9.17) is 4.74 Å². The molecule has 7 nitrogen and oxygen atoms in total. The van der Waals surface area contributed by atoms with Gasteiger partial charge in [0, 0.05) is 12.3 Å². The number of aliphatic imine (C=N–C) groups is 1. The molecule has 168 valence electrons. The van der Waals surface area contributed by atoms with E-state index in [9.17, 15) is 14.7 Å². The van der Waals surface area contributed by atoms with E-state index in [2.05, 4.69) is 39.5 Å². The van der Waals surface area contributed by atoms with E-state index >= 15 is 0 Å². The number of urea groups is 1. The number of rotatable bonds is 6. The fraction of sp³-hybridized carbons (Fsp3) is 0.400. The third-order valence-electron chi connectivity index (χ3n) is 6.24. The third kappa shape index (κ3) is 5.34. The van der Waals surface area contributed by atoms with Gasteiger partial charge in [0.15, 0.2) is 0 Å². The molecule has 0 radical (unpaired) electrons. The number of hydrogen-bond donors (Lipinski definition) is 2. The lowest BCUT2D eigenvalue weighted by atomic mass is 9.88. The summed E-state index contributed by atoms with van der Waals surface area (Å²) in [7, 11) is 0. The molecule has 2 aromatic carbocycles. The molecule has 2 aromatic rings. The van der Waals surface area contributed by atoms with Crippen LogP contribution in [0.5, 0.6) is 5.75 Å². The molecule has 1 fully saturated rings. The number of piperidine rings is 1. The van der Waals surface area contributed by atoms with E-state index in [1.165, 1.54) is 5.56 Å². The summed E-state index contributed by atoms with van der Waals surface area (Å²) in [6, 6.07) is 15.9. The summed E-state index contributed by atoms with van der Waals surface area (Å²) in [5, 5.41) is 12.6. The Labute approximate surface area is 188 Å². The highest BCUT2D eigenvalue weighted by atomic mass is 16.5. The summed E-state index contributed by atoms with van der Waals surface area (Å²) in [5.74, 6) is -0.717. The van der Waals surface area contributed by atoms with E-state index < -0.39 is 24.0 Å². The van der Waals surface area contributed by atoms with Crippen LogP contribution in [0.15, 0.2) is 59.6 Å². The number of nitrogens with one attached hydrogen (secondary N) is 1. The Morgan fingerprint density at radius 1 is 1.16 bits per heavy atom. The summed E-state index contributed by atoms with van der Waals surface area (Å²) < 4.78 is 5.71. The zero-order valence-corrected chi connectivity index (χ0v) is 18.2. The first-order valence-corrected chi connectivity index (χ1v) is 11.1. The largest absolute Gasteiger partial charge is 0.508 e. The number of benzene rings is 2. The number of aromatic hydroxyl groups is 1. The van der Waals surface area contributed by atoms with Gasteiger partial charge >= 0.3 is 12.0 Å². The molecule has 32 heavy (non-hydrogen) atoms. The number of nitrogens with zero attached hydrogens (tertiary/aromatic N) is 2. The zero-order chi connectivity index (χ0) is 22.5. The van der Waals surface area contributed by atoms with Crippen molar-refractivity contribution in [1.82, 2.24) is 10.2 Å². The van der Waals surface area contributed by atoms with Crippen molar-refractivity contribution in [2.75, 3.05) is 19.7 Å². The Hall–Kier alpha value is -3.19.